The Balaban J connectivity index is 2.40. The van der Waals surface area contributed by atoms with Crippen LogP contribution in [0.25, 0.3) is 0 Å². The maximum atomic E-state index is 6.10. The van der Waals surface area contributed by atoms with Crippen molar-refractivity contribution in [3.05, 3.63) is 45.9 Å². The fraction of sp³-hybridized carbons (Fsp3) is 0.214. The van der Waals surface area contributed by atoms with E-state index in [1.54, 1.807) is 6.07 Å². The second-order valence-electron chi connectivity index (χ2n) is 4.54. The van der Waals surface area contributed by atoms with Crippen LogP contribution in [0.2, 0.25) is 10.0 Å². The zero-order chi connectivity index (χ0) is 14.7. The van der Waals surface area contributed by atoms with Gasteiger partial charge in [-0.3, -0.25) is 0 Å². The average Bonchev–Trinajstić information content (AvgIpc) is 2.42. The van der Waals surface area contributed by atoms with Crippen molar-refractivity contribution in [2.75, 3.05) is 5.43 Å². The normalized spacial score (nSPS) is 10.7. The Kier molecular flexibility index (Phi) is 4.70. The Bertz CT molecular complexity index is 617. The summed E-state index contributed by atoms with van der Waals surface area (Å²) in [6.07, 6.45) is 0. The molecule has 0 aliphatic heterocycles. The zero-order valence-corrected chi connectivity index (χ0v) is 12.7. The molecule has 0 aliphatic carbocycles. The van der Waals surface area contributed by atoms with Gasteiger partial charge in [0.25, 0.3) is 0 Å². The number of pyridine rings is 1. The number of hydrogen-bond donors (Lipinski definition) is 2. The van der Waals surface area contributed by atoms with E-state index < -0.39 is 0 Å². The molecule has 0 aliphatic rings. The molecule has 0 saturated carbocycles. The van der Waals surface area contributed by atoms with E-state index in [0.29, 0.717) is 27.5 Å². The van der Waals surface area contributed by atoms with Crippen molar-refractivity contribution in [3.63, 3.8) is 0 Å². The van der Waals surface area contributed by atoms with Gasteiger partial charge in [-0.2, -0.15) is 4.98 Å². The molecular formula is C14H15Cl2N3O. The van der Waals surface area contributed by atoms with Gasteiger partial charge in [0.2, 0.25) is 5.88 Å². The van der Waals surface area contributed by atoms with E-state index in [0.717, 1.165) is 5.56 Å². The van der Waals surface area contributed by atoms with E-state index >= 15 is 0 Å². The van der Waals surface area contributed by atoms with Crippen LogP contribution in [0.4, 0.5) is 5.82 Å². The first-order valence-electron chi connectivity index (χ1n) is 6.12. The number of nitrogens with two attached hydrogens (primary N) is 1. The molecule has 1 aromatic heterocycles. The molecule has 0 amide bonds. The van der Waals surface area contributed by atoms with Crippen molar-refractivity contribution in [2.24, 2.45) is 5.84 Å². The Labute approximate surface area is 127 Å². The van der Waals surface area contributed by atoms with Gasteiger partial charge in [-0.05, 0) is 23.6 Å². The summed E-state index contributed by atoms with van der Waals surface area (Å²) in [6.45, 7) is 4.18. The molecule has 0 atom stereocenters. The average molecular weight is 312 g/mol. The topological polar surface area (TPSA) is 60.2 Å². The first kappa shape index (κ1) is 14.9. The van der Waals surface area contributed by atoms with E-state index in [2.05, 4.69) is 24.3 Å². The standard InChI is InChI=1S/C14H15Cl2N3O/c1-8(2)9-5-3-4-6-12(9)20-14-11(16)7-10(15)13(18-14)19-17/h3-8H,17H2,1-2H3,(H,18,19). The number of nitrogen functional groups attached to an aromatic ring is 1. The number of hydrazine groups is 1. The predicted octanol–water partition coefficient (Wildman–Crippen LogP) is 4.59. The smallest absolute Gasteiger partial charge is 0.240 e. The number of para-hydroxylation sites is 1. The summed E-state index contributed by atoms with van der Waals surface area (Å²) in [6, 6.07) is 9.28. The quantitative estimate of drug-likeness (QED) is 0.640. The Morgan fingerprint density at radius 3 is 2.55 bits per heavy atom. The summed E-state index contributed by atoms with van der Waals surface area (Å²) >= 11 is 12.0. The van der Waals surface area contributed by atoms with Crippen LogP contribution in [-0.2, 0) is 0 Å². The van der Waals surface area contributed by atoms with Crippen LogP contribution >= 0.6 is 23.2 Å². The molecule has 1 heterocycles. The molecule has 2 rings (SSSR count). The third kappa shape index (κ3) is 3.15. The predicted molar refractivity (Wildman–Crippen MR) is 82.7 cm³/mol. The molecule has 2 aromatic rings. The second-order valence-corrected chi connectivity index (χ2v) is 5.36. The molecule has 0 saturated heterocycles. The van der Waals surface area contributed by atoms with E-state index in [9.17, 15) is 0 Å². The minimum absolute atomic E-state index is 0.261. The van der Waals surface area contributed by atoms with E-state index in [4.69, 9.17) is 33.8 Å². The van der Waals surface area contributed by atoms with Crippen LogP contribution in [0.5, 0.6) is 11.6 Å². The molecule has 4 nitrogen and oxygen atoms in total. The van der Waals surface area contributed by atoms with E-state index in [-0.39, 0.29) is 5.88 Å². The molecule has 0 radical (unpaired) electrons. The fourth-order valence-corrected chi connectivity index (χ4v) is 2.23. The molecule has 106 valence electrons. The second kappa shape index (κ2) is 6.31. The van der Waals surface area contributed by atoms with Gasteiger partial charge < -0.3 is 10.2 Å². The molecular weight excluding hydrogens is 297 g/mol. The fourth-order valence-electron chi connectivity index (χ4n) is 1.78. The van der Waals surface area contributed by atoms with Gasteiger partial charge in [0.05, 0.1) is 5.02 Å². The van der Waals surface area contributed by atoms with Crippen molar-refractivity contribution in [2.45, 2.75) is 19.8 Å². The largest absolute Gasteiger partial charge is 0.437 e. The van der Waals surface area contributed by atoms with Crippen LogP contribution in [0.3, 0.4) is 0 Å². The van der Waals surface area contributed by atoms with Crippen molar-refractivity contribution in [1.29, 1.82) is 0 Å². The van der Waals surface area contributed by atoms with Crippen LogP contribution in [0.15, 0.2) is 30.3 Å². The first-order chi connectivity index (χ1) is 9.52. The van der Waals surface area contributed by atoms with E-state index in [1.807, 2.05) is 24.3 Å². The van der Waals surface area contributed by atoms with Crippen molar-refractivity contribution in [1.82, 2.24) is 4.98 Å². The maximum Gasteiger partial charge on any atom is 0.240 e. The maximum absolute atomic E-state index is 6.10. The lowest BCUT2D eigenvalue weighted by molar-refractivity contribution is 0.455. The van der Waals surface area contributed by atoms with Gasteiger partial charge in [-0.25, -0.2) is 5.84 Å². The molecule has 0 fully saturated rings. The number of rotatable bonds is 4. The molecule has 20 heavy (non-hydrogen) atoms. The Morgan fingerprint density at radius 2 is 1.90 bits per heavy atom. The third-order valence-electron chi connectivity index (χ3n) is 2.78. The molecule has 3 N–H and O–H groups in total. The number of hydrogen-bond acceptors (Lipinski definition) is 4. The van der Waals surface area contributed by atoms with Gasteiger partial charge >= 0.3 is 0 Å². The van der Waals surface area contributed by atoms with Crippen molar-refractivity contribution in [3.8, 4) is 11.6 Å². The minimum Gasteiger partial charge on any atom is -0.437 e. The number of anilines is 1. The molecule has 0 unspecified atom stereocenters. The zero-order valence-electron chi connectivity index (χ0n) is 11.2. The van der Waals surface area contributed by atoms with Crippen LogP contribution in [0, 0.1) is 0 Å². The highest BCUT2D eigenvalue weighted by molar-refractivity contribution is 6.36. The highest BCUT2D eigenvalue weighted by Crippen LogP contribution is 2.35. The lowest BCUT2D eigenvalue weighted by Crippen LogP contribution is -2.09. The number of nitrogens with one attached hydrogen (secondary N) is 1. The van der Waals surface area contributed by atoms with Crippen LogP contribution in [0.1, 0.15) is 25.3 Å². The SMILES string of the molecule is CC(C)c1ccccc1Oc1nc(NN)c(Cl)cc1Cl. The van der Waals surface area contributed by atoms with Gasteiger partial charge in [-0.1, -0.05) is 55.2 Å². The van der Waals surface area contributed by atoms with Crippen LogP contribution < -0.4 is 16.0 Å². The van der Waals surface area contributed by atoms with Gasteiger partial charge in [0.15, 0.2) is 5.82 Å². The summed E-state index contributed by atoms with van der Waals surface area (Å²) in [4.78, 5) is 4.16. The monoisotopic (exact) mass is 311 g/mol. The minimum atomic E-state index is 0.261. The van der Waals surface area contributed by atoms with Crippen LogP contribution in [-0.4, -0.2) is 4.98 Å². The van der Waals surface area contributed by atoms with Gasteiger partial charge in [0.1, 0.15) is 10.8 Å². The summed E-state index contributed by atoms with van der Waals surface area (Å²) in [5.41, 5.74) is 3.48. The summed E-state index contributed by atoms with van der Waals surface area (Å²) in [5, 5.41) is 0.662. The summed E-state index contributed by atoms with van der Waals surface area (Å²) < 4.78 is 5.80. The first-order valence-corrected chi connectivity index (χ1v) is 6.88. The van der Waals surface area contributed by atoms with Gasteiger partial charge in [-0.15, -0.1) is 0 Å². The number of halogens is 2. The highest BCUT2D eigenvalue weighted by atomic mass is 35.5. The number of nitrogens with zero attached hydrogens (tertiary/aromatic N) is 1. The Hall–Kier alpha value is -1.49. The summed E-state index contributed by atoms with van der Waals surface area (Å²) in [7, 11) is 0. The van der Waals surface area contributed by atoms with Crippen molar-refractivity contribution >= 4 is 29.0 Å². The number of aromatic nitrogens is 1. The third-order valence-corrected chi connectivity index (χ3v) is 3.34. The van der Waals surface area contributed by atoms with Gasteiger partial charge in [0, 0.05) is 0 Å². The lowest BCUT2D eigenvalue weighted by Gasteiger charge is -2.14. The molecule has 6 heteroatoms. The molecule has 0 bridgehead atoms. The van der Waals surface area contributed by atoms with Crippen molar-refractivity contribution < 1.29 is 4.74 Å². The summed E-state index contributed by atoms with van der Waals surface area (Å²) in [5.74, 6) is 6.95. The number of benzene rings is 1. The highest BCUT2D eigenvalue weighted by Gasteiger charge is 2.13. The number of ether oxygens (including phenoxy) is 1. The molecule has 0 spiro atoms. The Morgan fingerprint density at radius 1 is 1.20 bits per heavy atom. The van der Waals surface area contributed by atoms with E-state index in [1.165, 1.54) is 0 Å². The molecule has 1 aromatic carbocycles. The lowest BCUT2D eigenvalue weighted by atomic mass is 10.0.